The van der Waals surface area contributed by atoms with E-state index in [1.807, 2.05) is 65.8 Å². The molecule has 0 aliphatic carbocycles. The highest BCUT2D eigenvalue weighted by atomic mass is 16.6. The molecule has 0 saturated carbocycles. The standard InChI is InChI=1S/C31H45N3O5/c1-11-20(2)25(33-29(37)39-31(7,8)9)28(36)34(30(4,5)6)26(24-15-13-12-14-21(24)3)27(35)32-22-16-18-23(38-10)19-17-22/h12-20,25-26H,11H2,1-10H3,(H,32,35)(H,33,37). The first-order valence-electron chi connectivity index (χ1n) is 13.4. The molecule has 8 heteroatoms. The third-order valence-corrected chi connectivity index (χ3v) is 6.46. The van der Waals surface area contributed by atoms with Gasteiger partial charge in [-0.1, -0.05) is 44.5 Å². The van der Waals surface area contributed by atoms with E-state index in [9.17, 15) is 14.4 Å². The molecule has 8 nitrogen and oxygen atoms in total. The summed E-state index contributed by atoms with van der Waals surface area (Å²) >= 11 is 0. The summed E-state index contributed by atoms with van der Waals surface area (Å²) in [6.07, 6.45) is -0.0396. The second-order valence-corrected chi connectivity index (χ2v) is 11.9. The minimum Gasteiger partial charge on any atom is -0.497 e. The van der Waals surface area contributed by atoms with Crippen LogP contribution in [-0.2, 0) is 14.3 Å². The van der Waals surface area contributed by atoms with E-state index in [1.165, 1.54) is 0 Å². The molecular weight excluding hydrogens is 494 g/mol. The molecule has 39 heavy (non-hydrogen) atoms. The smallest absolute Gasteiger partial charge is 0.408 e. The Balaban J connectivity index is 2.60. The predicted molar refractivity (Wildman–Crippen MR) is 155 cm³/mol. The van der Waals surface area contributed by atoms with Gasteiger partial charge in [-0.05, 0) is 89.8 Å². The number of hydrogen-bond donors (Lipinski definition) is 2. The van der Waals surface area contributed by atoms with Crippen molar-refractivity contribution in [3.8, 4) is 5.75 Å². The number of anilines is 1. The van der Waals surface area contributed by atoms with Crippen LogP contribution in [0.4, 0.5) is 10.5 Å². The van der Waals surface area contributed by atoms with E-state index in [1.54, 1.807) is 57.0 Å². The van der Waals surface area contributed by atoms with Gasteiger partial charge < -0.3 is 25.0 Å². The Bertz CT molecular complexity index is 1130. The lowest BCUT2D eigenvalue weighted by molar-refractivity contribution is -0.148. The molecular formula is C31H45N3O5. The number of benzene rings is 2. The van der Waals surface area contributed by atoms with Crippen LogP contribution >= 0.6 is 0 Å². The maximum atomic E-state index is 14.4. The number of alkyl carbamates (subject to hydrolysis) is 1. The molecule has 0 fully saturated rings. The van der Waals surface area contributed by atoms with Crippen molar-refractivity contribution in [2.45, 2.75) is 92.0 Å². The Labute approximate surface area is 233 Å². The number of nitrogens with zero attached hydrogens (tertiary/aromatic N) is 1. The number of hydrogen-bond acceptors (Lipinski definition) is 5. The molecule has 0 aliphatic heterocycles. The third-order valence-electron chi connectivity index (χ3n) is 6.46. The topological polar surface area (TPSA) is 97.0 Å². The SMILES string of the molecule is CCC(C)C(NC(=O)OC(C)(C)C)C(=O)N(C(C(=O)Nc1ccc(OC)cc1)c1ccccc1C)C(C)(C)C. The summed E-state index contributed by atoms with van der Waals surface area (Å²) in [6.45, 7) is 16.7. The first kappa shape index (κ1) is 31.7. The lowest BCUT2D eigenvalue weighted by atomic mass is 9.90. The Morgan fingerprint density at radius 1 is 0.949 bits per heavy atom. The molecule has 2 aromatic rings. The van der Waals surface area contributed by atoms with Gasteiger partial charge in [0.15, 0.2) is 0 Å². The number of aryl methyl sites for hydroxylation is 1. The van der Waals surface area contributed by atoms with Gasteiger partial charge in [0.1, 0.15) is 23.4 Å². The maximum Gasteiger partial charge on any atom is 0.408 e. The molecule has 0 radical (unpaired) electrons. The van der Waals surface area contributed by atoms with Gasteiger partial charge >= 0.3 is 6.09 Å². The summed E-state index contributed by atoms with van der Waals surface area (Å²) in [5, 5.41) is 5.78. The average Bonchev–Trinajstić information content (AvgIpc) is 2.84. The van der Waals surface area contributed by atoms with E-state index in [4.69, 9.17) is 9.47 Å². The summed E-state index contributed by atoms with van der Waals surface area (Å²) in [6, 6.07) is 12.7. The Morgan fingerprint density at radius 2 is 1.54 bits per heavy atom. The quantitative estimate of drug-likeness (QED) is 0.393. The van der Waals surface area contributed by atoms with Crippen LogP contribution in [0.5, 0.6) is 5.75 Å². The molecule has 2 aromatic carbocycles. The zero-order valence-electron chi connectivity index (χ0n) is 25.0. The molecule has 0 aromatic heterocycles. The maximum absolute atomic E-state index is 14.4. The fraction of sp³-hybridized carbons (Fsp3) is 0.516. The molecule has 3 atom stereocenters. The first-order valence-corrected chi connectivity index (χ1v) is 13.4. The monoisotopic (exact) mass is 539 g/mol. The highest BCUT2D eigenvalue weighted by molar-refractivity contribution is 5.99. The largest absolute Gasteiger partial charge is 0.497 e. The van der Waals surface area contributed by atoms with E-state index >= 15 is 0 Å². The highest BCUT2D eigenvalue weighted by Crippen LogP contribution is 2.33. The van der Waals surface area contributed by atoms with Crippen LogP contribution in [0.15, 0.2) is 48.5 Å². The van der Waals surface area contributed by atoms with E-state index in [-0.39, 0.29) is 17.7 Å². The second-order valence-electron chi connectivity index (χ2n) is 11.9. The fourth-order valence-corrected chi connectivity index (χ4v) is 4.29. The van der Waals surface area contributed by atoms with Crippen molar-refractivity contribution in [3.63, 3.8) is 0 Å². The summed E-state index contributed by atoms with van der Waals surface area (Å²) in [5.41, 5.74) is 0.647. The van der Waals surface area contributed by atoms with Crippen LogP contribution in [0.3, 0.4) is 0 Å². The summed E-state index contributed by atoms with van der Waals surface area (Å²) in [5.74, 6) is -0.268. The Hall–Kier alpha value is -3.55. The Morgan fingerprint density at radius 3 is 2.03 bits per heavy atom. The molecule has 214 valence electrons. The second kappa shape index (κ2) is 13.0. The molecule has 2 N–H and O–H groups in total. The number of ether oxygens (including phenoxy) is 2. The van der Waals surface area contributed by atoms with E-state index in [0.717, 1.165) is 5.56 Å². The van der Waals surface area contributed by atoms with Crippen LogP contribution in [0.2, 0.25) is 0 Å². The van der Waals surface area contributed by atoms with Gasteiger partial charge in [0.05, 0.1) is 7.11 Å². The predicted octanol–water partition coefficient (Wildman–Crippen LogP) is 6.25. The molecule has 0 heterocycles. The minimum atomic E-state index is -0.965. The van der Waals surface area contributed by atoms with Crippen molar-refractivity contribution in [2.24, 2.45) is 5.92 Å². The van der Waals surface area contributed by atoms with Crippen molar-refractivity contribution in [2.75, 3.05) is 12.4 Å². The van der Waals surface area contributed by atoms with Crippen LogP contribution in [0, 0.1) is 12.8 Å². The number of carbonyl (C=O) groups is 3. The lowest BCUT2D eigenvalue weighted by Crippen LogP contribution is -2.59. The van der Waals surface area contributed by atoms with Crippen LogP contribution in [0.25, 0.3) is 0 Å². The van der Waals surface area contributed by atoms with Gasteiger partial charge in [-0.3, -0.25) is 9.59 Å². The van der Waals surface area contributed by atoms with Gasteiger partial charge in [0.25, 0.3) is 5.91 Å². The van der Waals surface area contributed by atoms with Crippen molar-refractivity contribution in [3.05, 3.63) is 59.7 Å². The van der Waals surface area contributed by atoms with Gasteiger partial charge in [0, 0.05) is 11.2 Å². The van der Waals surface area contributed by atoms with Gasteiger partial charge in [-0.25, -0.2) is 4.79 Å². The van der Waals surface area contributed by atoms with E-state index in [2.05, 4.69) is 10.6 Å². The van der Waals surface area contributed by atoms with Crippen molar-refractivity contribution < 1.29 is 23.9 Å². The fourth-order valence-electron chi connectivity index (χ4n) is 4.29. The number of nitrogens with one attached hydrogen (secondary N) is 2. The van der Waals surface area contributed by atoms with Crippen molar-refractivity contribution in [1.29, 1.82) is 0 Å². The van der Waals surface area contributed by atoms with Gasteiger partial charge in [-0.15, -0.1) is 0 Å². The zero-order valence-corrected chi connectivity index (χ0v) is 25.0. The average molecular weight is 540 g/mol. The molecule has 0 aliphatic rings. The number of amides is 3. The number of methoxy groups -OCH3 is 1. The van der Waals surface area contributed by atoms with Crippen molar-refractivity contribution in [1.82, 2.24) is 10.2 Å². The third kappa shape index (κ3) is 8.73. The van der Waals surface area contributed by atoms with Crippen LogP contribution < -0.4 is 15.4 Å². The first-order chi connectivity index (χ1) is 18.1. The molecule has 2 rings (SSSR count). The lowest BCUT2D eigenvalue weighted by Gasteiger charge is -2.44. The molecule has 0 saturated heterocycles. The van der Waals surface area contributed by atoms with E-state index in [0.29, 0.717) is 23.4 Å². The summed E-state index contributed by atoms with van der Waals surface area (Å²) in [7, 11) is 1.58. The zero-order chi connectivity index (χ0) is 29.5. The van der Waals surface area contributed by atoms with Crippen molar-refractivity contribution >= 4 is 23.6 Å². The van der Waals surface area contributed by atoms with E-state index < -0.39 is 29.3 Å². The Kier molecular flexibility index (Phi) is 10.6. The van der Waals surface area contributed by atoms with Gasteiger partial charge in [0.2, 0.25) is 5.91 Å². The molecule has 3 amide bonds. The molecule has 0 bridgehead atoms. The summed E-state index contributed by atoms with van der Waals surface area (Å²) < 4.78 is 10.7. The van der Waals surface area contributed by atoms with Gasteiger partial charge in [-0.2, -0.15) is 0 Å². The molecule has 3 unspecified atom stereocenters. The minimum absolute atomic E-state index is 0.211. The summed E-state index contributed by atoms with van der Waals surface area (Å²) in [4.78, 5) is 42.8. The van der Waals surface area contributed by atoms with Crippen LogP contribution in [0.1, 0.15) is 79.0 Å². The normalized spacial score (nSPS) is 14.0. The molecule has 0 spiro atoms. The highest BCUT2D eigenvalue weighted by Gasteiger charge is 2.43. The van der Waals surface area contributed by atoms with Crippen LogP contribution in [-0.4, -0.2) is 47.1 Å². The number of carbonyl (C=O) groups excluding carboxylic acids is 3. The number of rotatable bonds is 9.